The maximum absolute atomic E-state index is 13.2. The fraction of sp³-hybridized carbons (Fsp3) is 0.227. The second-order valence-corrected chi connectivity index (χ2v) is 7.59. The minimum atomic E-state index is -0.224. The van der Waals surface area contributed by atoms with Gasteiger partial charge in [-0.15, -0.1) is 0 Å². The molecule has 1 aromatic carbocycles. The van der Waals surface area contributed by atoms with Crippen LogP contribution in [0.25, 0.3) is 11.3 Å². The van der Waals surface area contributed by atoms with E-state index in [4.69, 9.17) is 16.6 Å². The third kappa shape index (κ3) is 4.03. The zero-order chi connectivity index (χ0) is 20.4. The summed E-state index contributed by atoms with van der Waals surface area (Å²) in [5.41, 5.74) is 3.25. The second kappa shape index (κ2) is 8.09. The molecule has 0 radical (unpaired) electrons. The van der Waals surface area contributed by atoms with Crippen LogP contribution < -0.4 is 15.1 Å². The molecule has 2 aromatic heterocycles. The van der Waals surface area contributed by atoms with Crippen molar-refractivity contribution in [2.24, 2.45) is 0 Å². The fourth-order valence-electron chi connectivity index (χ4n) is 3.48. The molecule has 4 rings (SSSR count). The van der Waals surface area contributed by atoms with E-state index in [0.717, 1.165) is 29.9 Å². The average molecular weight is 408 g/mol. The highest BCUT2D eigenvalue weighted by molar-refractivity contribution is 6.30. The van der Waals surface area contributed by atoms with Gasteiger partial charge < -0.3 is 10.2 Å². The molecule has 1 aliphatic rings. The summed E-state index contributed by atoms with van der Waals surface area (Å²) in [4.78, 5) is 26.0. The SMILES string of the molecule is C[C@@H]1CCN(C)c2ccc(-c3cccc(Cl)c3)nc2N1C(=O)Nc1cccnc1. The Morgan fingerprint density at radius 3 is 2.83 bits per heavy atom. The lowest BCUT2D eigenvalue weighted by Gasteiger charge is -2.28. The van der Waals surface area contributed by atoms with Crippen molar-refractivity contribution in [2.45, 2.75) is 19.4 Å². The highest BCUT2D eigenvalue weighted by atomic mass is 35.5. The molecule has 1 aliphatic heterocycles. The fourth-order valence-corrected chi connectivity index (χ4v) is 3.67. The van der Waals surface area contributed by atoms with Crippen molar-refractivity contribution in [1.29, 1.82) is 0 Å². The van der Waals surface area contributed by atoms with Gasteiger partial charge >= 0.3 is 6.03 Å². The van der Waals surface area contributed by atoms with Crippen LogP contribution in [-0.2, 0) is 0 Å². The molecule has 3 heterocycles. The van der Waals surface area contributed by atoms with Crippen molar-refractivity contribution in [1.82, 2.24) is 9.97 Å². The highest BCUT2D eigenvalue weighted by Gasteiger charge is 2.30. The Hall–Kier alpha value is -3.12. The van der Waals surface area contributed by atoms with Crippen molar-refractivity contribution in [3.05, 3.63) is 65.9 Å². The van der Waals surface area contributed by atoms with Gasteiger partial charge in [-0.25, -0.2) is 9.78 Å². The lowest BCUT2D eigenvalue weighted by atomic mass is 10.1. The van der Waals surface area contributed by atoms with Gasteiger partial charge in [-0.05, 0) is 49.7 Å². The smallest absolute Gasteiger partial charge is 0.327 e. The van der Waals surface area contributed by atoms with E-state index in [1.807, 2.05) is 56.4 Å². The van der Waals surface area contributed by atoms with E-state index in [9.17, 15) is 4.79 Å². The largest absolute Gasteiger partial charge is 0.372 e. The number of hydrogen-bond donors (Lipinski definition) is 1. The number of nitrogens with one attached hydrogen (secondary N) is 1. The predicted molar refractivity (Wildman–Crippen MR) is 118 cm³/mol. The maximum atomic E-state index is 13.2. The first-order valence-corrected chi connectivity index (χ1v) is 9.89. The van der Waals surface area contributed by atoms with E-state index in [1.165, 1.54) is 0 Å². The predicted octanol–water partition coefficient (Wildman–Crippen LogP) is 5.06. The molecule has 1 atom stereocenters. The van der Waals surface area contributed by atoms with E-state index in [1.54, 1.807) is 23.4 Å². The normalized spacial score (nSPS) is 16.2. The first-order chi connectivity index (χ1) is 14.0. The summed E-state index contributed by atoms with van der Waals surface area (Å²) < 4.78 is 0. The number of carbonyl (C=O) groups excluding carboxylic acids is 1. The molecule has 7 heteroatoms. The Morgan fingerprint density at radius 2 is 2.07 bits per heavy atom. The number of carbonyl (C=O) groups is 1. The monoisotopic (exact) mass is 407 g/mol. The molecule has 3 aromatic rings. The van der Waals surface area contributed by atoms with E-state index < -0.39 is 0 Å². The number of fused-ring (bicyclic) bond motifs is 1. The number of nitrogens with zero attached hydrogens (tertiary/aromatic N) is 4. The van der Waals surface area contributed by atoms with E-state index >= 15 is 0 Å². The van der Waals surface area contributed by atoms with Crippen molar-refractivity contribution in [3.8, 4) is 11.3 Å². The molecular weight excluding hydrogens is 386 g/mol. The Kier molecular flexibility index (Phi) is 5.36. The van der Waals surface area contributed by atoms with Gasteiger partial charge in [-0.2, -0.15) is 0 Å². The van der Waals surface area contributed by atoms with E-state index in [-0.39, 0.29) is 12.1 Å². The van der Waals surface area contributed by atoms with Gasteiger partial charge in [-0.3, -0.25) is 9.88 Å². The molecule has 0 unspecified atom stereocenters. The van der Waals surface area contributed by atoms with Crippen molar-refractivity contribution in [2.75, 3.05) is 28.7 Å². The number of halogens is 1. The van der Waals surface area contributed by atoms with Crippen LogP contribution in [0.15, 0.2) is 60.9 Å². The molecule has 0 fully saturated rings. The Bertz CT molecular complexity index is 1030. The van der Waals surface area contributed by atoms with Crippen LogP contribution in [0, 0.1) is 0 Å². The molecule has 0 bridgehead atoms. The van der Waals surface area contributed by atoms with E-state index in [0.29, 0.717) is 16.5 Å². The van der Waals surface area contributed by atoms with Crippen LogP contribution in [0.5, 0.6) is 0 Å². The molecular formula is C22H22ClN5O. The van der Waals surface area contributed by atoms with Crippen LogP contribution in [0.2, 0.25) is 5.02 Å². The third-order valence-corrected chi connectivity index (χ3v) is 5.30. The van der Waals surface area contributed by atoms with Gasteiger partial charge in [0.25, 0.3) is 0 Å². The summed E-state index contributed by atoms with van der Waals surface area (Å²) >= 11 is 6.16. The van der Waals surface area contributed by atoms with Crippen molar-refractivity contribution >= 4 is 34.8 Å². The number of amides is 2. The highest BCUT2D eigenvalue weighted by Crippen LogP contribution is 2.35. The molecule has 0 spiro atoms. The lowest BCUT2D eigenvalue weighted by Crippen LogP contribution is -2.42. The van der Waals surface area contributed by atoms with E-state index in [2.05, 4.69) is 15.2 Å². The van der Waals surface area contributed by atoms with Gasteiger partial charge in [0.1, 0.15) is 0 Å². The number of benzene rings is 1. The van der Waals surface area contributed by atoms with Crippen LogP contribution >= 0.6 is 11.6 Å². The zero-order valence-corrected chi connectivity index (χ0v) is 17.1. The number of pyridine rings is 2. The Morgan fingerprint density at radius 1 is 1.21 bits per heavy atom. The average Bonchev–Trinajstić information content (AvgIpc) is 2.84. The number of urea groups is 1. The summed E-state index contributed by atoms with van der Waals surface area (Å²) in [6.45, 7) is 2.88. The number of aromatic nitrogens is 2. The van der Waals surface area contributed by atoms with Crippen molar-refractivity contribution in [3.63, 3.8) is 0 Å². The minimum Gasteiger partial charge on any atom is -0.372 e. The lowest BCUT2D eigenvalue weighted by molar-refractivity contribution is 0.255. The van der Waals surface area contributed by atoms with Crippen LogP contribution in [0.1, 0.15) is 13.3 Å². The summed E-state index contributed by atoms with van der Waals surface area (Å²) in [5.74, 6) is 0.636. The molecule has 0 aliphatic carbocycles. The summed E-state index contributed by atoms with van der Waals surface area (Å²) in [6.07, 6.45) is 4.14. The molecule has 0 saturated carbocycles. The van der Waals surface area contributed by atoms with Gasteiger partial charge in [0.05, 0.1) is 23.3 Å². The molecule has 2 amide bonds. The molecule has 1 N–H and O–H groups in total. The molecule has 0 saturated heterocycles. The Balaban J connectivity index is 1.76. The van der Waals surface area contributed by atoms with Crippen LogP contribution in [0.3, 0.4) is 0 Å². The van der Waals surface area contributed by atoms with Gasteiger partial charge in [0.2, 0.25) is 0 Å². The summed E-state index contributed by atoms with van der Waals surface area (Å²) in [7, 11) is 2.02. The number of hydrogen-bond acceptors (Lipinski definition) is 4. The molecule has 29 heavy (non-hydrogen) atoms. The maximum Gasteiger partial charge on any atom is 0.327 e. The Labute approximate surface area is 175 Å². The second-order valence-electron chi connectivity index (χ2n) is 7.15. The number of rotatable bonds is 2. The van der Waals surface area contributed by atoms with Crippen LogP contribution in [0.4, 0.5) is 22.0 Å². The topological polar surface area (TPSA) is 61.4 Å². The zero-order valence-electron chi connectivity index (χ0n) is 16.3. The summed E-state index contributed by atoms with van der Waals surface area (Å²) in [5, 5.41) is 3.59. The summed E-state index contributed by atoms with van der Waals surface area (Å²) in [6, 6.07) is 14.9. The first kappa shape index (κ1) is 19.2. The van der Waals surface area contributed by atoms with Crippen molar-refractivity contribution < 1.29 is 4.79 Å². The van der Waals surface area contributed by atoms with Gasteiger partial charge in [0.15, 0.2) is 5.82 Å². The van der Waals surface area contributed by atoms with Gasteiger partial charge in [-0.1, -0.05) is 23.7 Å². The van der Waals surface area contributed by atoms with Gasteiger partial charge in [0, 0.05) is 36.4 Å². The number of anilines is 3. The minimum absolute atomic E-state index is 0.0162. The molecule has 148 valence electrons. The quantitative estimate of drug-likeness (QED) is 0.644. The first-order valence-electron chi connectivity index (χ1n) is 9.51. The standard InChI is InChI=1S/C22H22ClN5O/c1-15-10-12-27(2)20-9-8-19(16-5-3-6-17(23)13-16)26-21(20)28(15)22(29)25-18-7-4-11-24-14-18/h3-9,11,13-15H,10,12H2,1-2H3,(H,25,29)/t15-/m1/s1. The molecule has 6 nitrogen and oxygen atoms in total. The third-order valence-electron chi connectivity index (χ3n) is 5.07. The van der Waals surface area contributed by atoms with Crippen LogP contribution in [-0.4, -0.2) is 35.6 Å².